The molecule has 0 aliphatic heterocycles. The molecule has 0 fully saturated rings. The van der Waals surface area contributed by atoms with Gasteiger partial charge >= 0.3 is 5.97 Å². The molecular formula is C17H17F2NO4. The molecule has 1 heterocycles. The van der Waals surface area contributed by atoms with E-state index in [1.54, 1.807) is 13.8 Å². The summed E-state index contributed by atoms with van der Waals surface area (Å²) in [5.41, 5.74) is 1.37. The predicted molar refractivity (Wildman–Crippen MR) is 82.4 cm³/mol. The van der Waals surface area contributed by atoms with Crippen LogP contribution in [0.5, 0.6) is 5.75 Å². The number of nitrogens with one attached hydrogen (secondary N) is 1. The monoisotopic (exact) mass is 337 g/mol. The fourth-order valence-electron chi connectivity index (χ4n) is 2.44. The molecule has 0 radical (unpaired) electrons. The van der Waals surface area contributed by atoms with E-state index in [1.807, 2.05) is 0 Å². The van der Waals surface area contributed by atoms with Gasteiger partial charge in [0.2, 0.25) is 5.78 Å². The van der Waals surface area contributed by atoms with E-state index in [4.69, 9.17) is 4.74 Å². The topological polar surface area (TPSA) is 68.4 Å². The van der Waals surface area contributed by atoms with E-state index in [9.17, 15) is 18.4 Å². The fourth-order valence-corrected chi connectivity index (χ4v) is 2.44. The molecule has 1 N–H and O–H groups in total. The number of methoxy groups -OCH3 is 1. The van der Waals surface area contributed by atoms with Crippen LogP contribution in [-0.4, -0.2) is 30.0 Å². The number of aryl methyl sites for hydroxylation is 1. The predicted octanol–water partition coefficient (Wildman–Crippen LogP) is 3.35. The van der Waals surface area contributed by atoms with Crippen LogP contribution >= 0.6 is 0 Å². The highest BCUT2D eigenvalue weighted by Gasteiger charge is 2.27. The third-order valence-corrected chi connectivity index (χ3v) is 3.64. The Morgan fingerprint density at radius 3 is 2.46 bits per heavy atom. The number of Topliss-reactive ketones (excluding diaryl/α,β-unsaturated/α-hetero) is 1. The number of H-pyrrole nitrogens is 1. The summed E-state index contributed by atoms with van der Waals surface area (Å²) in [7, 11) is 1.24. The van der Waals surface area contributed by atoms with E-state index in [-0.39, 0.29) is 17.0 Å². The summed E-state index contributed by atoms with van der Waals surface area (Å²) in [5, 5.41) is 0. The first kappa shape index (κ1) is 17.7. The highest BCUT2D eigenvalue weighted by atomic mass is 19.1. The summed E-state index contributed by atoms with van der Waals surface area (Å²) in [6.07, 6.45) is -1.02. The maximum absolute atomic E-state index is 13.6. The molecule has 0 aliphatic rings. The first-order valence-corrected chi connectivity index (χ1v) is 7.19. The van der Waals surface area contributed by atoms with Crippen molar-refractivity contribution in [1.29, 1.82) is 0 Å². The molecular weight excluding hydrogens is 320 g/mol. The van der Waals surface area contributed by atoms with Gasteiger partial charge in [0.25, 0.3) is 0 Å². The molecule has 24 heavy (non-hydrogen) atoms. The number of aromatic nitrogens is 1. The highest BCUT2D eigenvalue weighted by molar-refractivity contribution is 6.04. The van der Waals surface area contributed by atoms with Gasteiger partial charge in [0.1, 0.15) is 11.5 Å². The first-order chi connectivity index (χ1) is 11.3. The zero-order valence-corrected chi connectivity index (χ0v) is 13.7. The maximum atomic E-state index is 13.6. The van der Waals surface area contributed by atoms with Crippen LogP contribution < -0.4 is 4.74 Å². The van der Waals surface area contributed by atoms with Crippen molar-refractivity contribution in [3.05, 3.63) is 52.3 Å². The van der Waals surface area contributed by atoms with Crippen LogP contribution in [0.2, 0.25) is 0 Å². The lowest BCUT2D eigenvalue weighted by Gasteiger charge is -2.15. The standard InChI is InChI=1S/C17H17F2NO4/c1-8-14(9(2)20-15(8)17(22)23-4)16(21)10(3)24-13-6-5-11(18)7-12(13)19/h5-7,10,20H,1-4H3/t10-/m0/s1. The number of halogens is 2. The number of carbonyl (C=O) groups is 2. The van der Waals surface area contributed by atoms with Gasteiger partial charge in [0, 0.05) is 17.3 Å². The van der Waals surface area contributed by atoms with Gasteiger partial charge in [-0.15, -0.1) is 0 Å². The lowest BCUT2D eigenvalue weighted by molar-refractivity contribution is 0.0594. The Morgan fingerprint density at radius 2 is 1.88 bits per heavy atom. The zero-order valence-electron chi connectivity index (χ0n) is 13.7. The Labute approximate surface area is 137 Å². The van der Waals surface area contributed by atoms with Crippen molar-refractivity contribution in [2.45, 2.75) is 26.9 Å². The molecule has 7 heteroatoms. The zero-order chi connectivity index (χ0) is 18.0. The van der Waals surface area contributed by atoms with E-state index < -0.39 is 29.5 Å². The van der Waals surface area contributed by atoms with Crippen LogP contribution in [-0.2, 0) is 4.74 Å². The number of carbonyl (C=O) groups excluding carboxylic acids is 2. The smallest absolute Gasteiger partial charge is 0.354 e. The number of benzene rings is 1. The van der Waals surface area contributed by atoms with Gasteiger partial charge in [-0.05, 0) is 38.5 Å². The van der Waals surface area contributed by atoms with Gasteiger partial charge in [0.15, 0.2) is 17.7 Å². The Kier molecular flexibility index (Phi) is 5.02. The molecule has 0 aliphatic carbocycles. The molecule has 0 bridgehead atoms. The highest BCUT2D eigenvalue weighted by Crippen LogP contribution is 2.24. The minimum Gasteiger partial charge on any atom is -0.479 e. The summed E-state index contributed by atoms with van der Waals surface area (Å²) in [4.78, 5) is 27.1. The lowest BCUT2D eigenvalue weighted by atomic mass is 10.0. The number of esters is 1. The van der Waals surface area contributed by atoms with E-state index in [0.29, 0.717) is 17.3 Å². The number of aromatic amines is 1. The van der Waals surface area contributed by atoms with Crippen molar-refractivity contribution in [2.24, 2.45) is 0 Å². The minimum absolute atomic E-state index is 0.179. The van der Waals surface area contributed by atoms with Gasteiger partial charge in [-0.2, -0.15) is 0 Å². The summed E-state index contributed by atoms with van der Waals surface area (Å²) < 4.78 is 36.5. The quantitative estimate of drug-likeness (QED) is 0.671. The third-order valence-electron chi connectivity index (χ3n) is 3.64. The number of rotatable bonds is 5. The molecule has 0 saturated carbocycles. The summed E-state index contributed by atoms with van der Waals surface area (Å²) in [5.74, 6) is -2.88. The van der Waals surface area contributed by atoms with E-state index in [0.717, 1.165) is 12.1 Å². The van der Waals surface area contributed by atoms with Crippen LogP contribution in [0.3, 0.4) is 0 Å². The third kappa shape index (κ3) is 3.29. The summed E-state index contributed by atoms with van der Waals surface area (Å²) in [6, 6.07) is 2.83. The average molecular weight is 337 g/mol. The van der Waals surface area contributed by atoms with Crippen molar-refractivity contribution in [2.75, 3.05) is 7.11 Å². The molecule has 0 amide bonds. The van der Waals surface area contributed by atoms with Gasteiger partial charge in [-0.25, -0.2) is 13.6 Å². The lowest BCUT2D eigenvalue weighted by Crippen LogP contribution is -2.25. The molecule has 1 aromatic heterocycles. The molecule has 2 aromatic rings. The van der Waals surface area contributed by atoms with Crippen molar-refractivity contribution in [3.63, 3.8) is 0 Å². The van der Waals surface area contributed by atoms with Crippen LogP contribution in [0.15, 0.2) is 18.2 Å². The summed E-state index contributed by atoms with van der Waals surface area (Å²) in [6.45, 7) is 4.70. The largest absolute Gasteiger partial charge is 0.479 e. The van der Waals surface area contributed by atoms with Crippen molar-refractivity contribution in [3.8, 4) is 5.75 Å². The van der Waals surface area contributed by atoms with Gasteiger partial charge in [0.05, 0.1) is 7.11 Å². The first-order valence-electron chi connectivity index (χ1n) is 7.19. The Bertz CT molecular complexity index is 798. The van der Waals surface area contributed by atoms with Gasteiger partial charge in [-0.1, -0.05) is 0 Å². The normalized spacial score (nSPS) is 11.9. The average Bonchev–Trinajstić information content (AvgIpc) is 2.83. The maximum Gasteiger partial charge on any atom is 0.354 e. The van der Waals surface area contributed by atoms with Crippen LogP contribution in [0.25, 0.3) is 0 Å². The fraction of sp³-hybridized carbons (Fsp3) is 0.294. The van der Waals surface area contributed by atoms with Gasteiger partial charge < -0.3 is 14.5 Å². The second-order valence-electron chi connectivity index (χ2n) is 5.32. The van der Waals surface area contributed by atoms with Crippen molar-refractivity contribution in [1.82, 2.24) is 4.98 Å². The van der Waals surface area contributed by atoms with Crippen molar-refractivity contribution < 1.29 is 27.8 Å². The molecule has 0 unspecified atom stereocenters. The minimum atomic E-state index is -1.02. The van der Waals surface area contributed by atoms with E-state index in [2.05, 4.69) is 9.72 Å². The second-order valence-corrected chi connectivity index (χ2v) is 5.32. The molecule has 2 rings (SSSR count). The van der Waals surface area contributed by atoms with Crippen LogP contribution in [0, 0.1) is 25.5 Å². The molecule has 0 saturated heterocycles. The number of ether oxygens (including phenoxy) is 2. The van der Waals surface area contributed by atoms with E-state index >= 15 is 0 Å². The second kappa shape index (κ2) is 6.82. The molecule has 0 spiro atoms. The summed E-state index contributed by atoms with van der Waals surface area (Å²) >= 11 is 0. The number of ketones is 1. The number of hydrogen-bond acceptors (Lipinski definition) is 4. The Morgan fingerprint density at radius 1 is 1.21 bits per heavy atom. The van der Waals surface area contributed by atoms with Crippen molar-refractivity contribution >= 4 is 11.8 Å². The molecule has 1 aromatic carbocycles. The van der Waals surface area contributed by atoms with E-state index in [1.165, 1.54) is 14.0 Å². The van der Waals surface area contributed by atoms with Gasteiger partial charge in [-0.3, -0.25) is 4.79 Å². The van der Waals surface area contributed by atoms with Crippen LogP contribution in [0.4, 0.5) is 8.78 Å². The SMILES string of the molecule is COC(=O)c1[nH]c(C)c(C(=O)[C@H](C)Oc2ccc(F)cc2F)c1C. The molecule has 128 valence electrons. The number of hydrogen-bond donors (Lipinski definition) is 1. The molecule has 5 nitrogen and oxygen atoms in total. The Hall–Kier alpha value is -2.70. The Balaban J connectivity index is 2.28. The van der Waals surface area contributed by atoms with Crippen LogP contribution in [0.1, 0.15) is 39.0 Å². The molecule has 1 atom stereocenters.